The standard InChI is InChI=1S/C22H22BrFN4O/c1-11(13-7-6-8-16(23)19(13)24)25-20-14-9-18-15(10-17(14)26-12(2)27-20)22(3,4)21(29)28(18)5/h6-11H,1-5H3,(H,25,26,27)/t11-/m1/s1. The molecule has 1 amide bonds. The van der Waals surface area contributed by atoms with Gasteiger partial charge in [-0.1, -0.05) is 12.1 Å². The molecule has 1 aliphatic rings. The first kappa shape index (κ1) is 19.8. The Labute approximate surface area is 177 Å². The highest BCUT2D eigenvalue weighted by atomic mass is 79.9. The van der Waals surface area contributed by atoms with Crippen molar-refractivity contribution >= 4 is 44.2 Å². The molecule has 150 valence electrons. The van der Waals surface area contributed by atoms with Crippen LogP contribution in [0.5, 0.6) is 0 Å². The van der Waals surface area contributed by atoms with Crippen molar-refractivity contribution in [2.24, 2.45) is 0 Å². The van der Waals surface area contributed by atoms with Gasteiger partial charge in [-0.2, -0.15) is 0 Å². The van der Waals surface area contributed by atoms with E-state index in [0.717, 1.165) is 22.2 Å². The average Bonchev–Trinajstić information content (AvgIpc) is 2.83. The molecule has 2 aromatic carbocycles. The number of hydrogen-bond acceptors (Lipinski definition) is 4. The van der Waals surface area contributed by atoms with Crippen molar-refractivity contribution in [3.63, 3.8) is 0 Å². The van der Waals surface area contributed by atoms with Crippen molar-refractivity contribution in [1.82, 2.24) is 9.97 Å². The fraction of sp³-hybridized carbons (Fsp3) is 0.318. The van der Waals surface area contributed by atoms with Crippen molar-refractivity contribution in [1.29, 1.82) is 0 Å². The van der Waals surface area contributed by atoms with Gasteiger partial charge >= 0.3 is 0 Å². The van der Waals surface area contributed by atoms with Gasteiger partial charge in [-0.25, -0.2) is 14.4 Å². The largest absolute Gasteiger partial charge is 0.363 e. The summed E-state index contributed by atoms with van der Waals surface area (Å²) < 4.78 is 15.0. The number of halogens is 2. The molecule has 0 radical (unpaired) electrons. The quantitative estimate of drug-likeness (QED) is 0.583. The molecule has 2 heterocycles. The minimum absolute atomic E-state index is 0.0478. The number of benzene rings is 2. The van der Waals surface area contributed by atoms with Gasteiger partial charge in [0.15, 0.2) is 0 Å². The summed E-state index contributed by atoms with van der Waals surface area (Å²) in [5.41, 5.74) is 2.50. The van der Waals surface area contributed by atoms with Gasteiger partial charge in [0.2, 0.25) is 5.91 Å². The number of hydrogen-bond donors (Lipinski definition) is 1. The number of fused-ring (bicyclic) bond motifs is 2. The Morgan fingerprint density at radius 1 is 1.24 bits per heavy atom. The maximum Gasteiger partial charge on any atom is 0.236 e. The summed E-state index contributed by atoms with van der Waals surface area (Å²) in [5, 5.41) is 4.13. The molecule has 1 aromatic heterocycles. The number of carbonyl (C=O) groups excluding carboxylic acids is 1. The summed E-state index contributed by atoms with van der Waals surface area (Å²) >= 11 is 3.24. The number of aromatic nitrogens is 2. The molecule has 0 fully saturated rings. The Kier molecular flexibility index (Phi) is 4.61. The summed E-state index contributed by atoms with van der Waals surface area (Å²) in [6.45, 7) is 7.56. The van der Waals surface area contributed by atoms with Crippen LogP contribution in [-0.4, -0.2) is 22.9 Å². The van der Waals surface area contributed by atoms with Crippen molar-refractivity contribution in [2.75, 3.05) is 17.3 Å². The maximum absolute atomic E-state index is 14.5. The third kappa shape index (κ3) is 3.08. The number of amides is 1. The SMILES string of the molecule is Cc1nc(N[C@H](C)c2cccc(Br)c2F)c2cc3c(cc2n1)C(C)(C)C(=O)N3C. The minimum Gasteiger partial charge on any atom is -0.363 e. The van der Waals surface area contributed by atoms with Crippen LogP contribution in [-0.2, 0) is 10.2 Å². The summed E-state index contributed by atoms with van der Waals surface area (Å²) in [4.78, 5) is 23.5. The van der Waals surface area contributed by atoms with Crippen LogP contribution in [0, 0.1) is 12.7 Å². The van der Waals surface area contributed by atoms with Crippen molar-refractivity contribution in [3.8, 4) is 0 Å². The predicted octanol–water partition coefficient (Wildman–Crippen LogP) is 5.27. The molecule has 0 saturated carbocycles. The van der Waals surface area contributed by atoms with E-state index in [2.05, 4.69) is 31.2 Å². The van der Waals surface area contributed by atoms with Crippen LogP contribution >= 0.6 is 15.9 Å². The van der Waals surface area contributed by atoms with Crippen LogP contribution in [0.3, 0.4) is 0 Å². The van der Waals surface area contributed by atoms with Gasteiger partial charge in [-0.05, 0) is 67.4 Å². The van der Waals surface area contributed by atoms with Crippen LogP contribution in [0.15, 0.2) is 34.8 Å². The highest BCUT2D eigenvalue weighted by molar-refractivity contribution is 9.10. The van der Waals surface area contributed by atoms with Gasteiger partial charge in [0.1, 0.15) is 17.5 Å². The second-order valence-electron chi connectivity index (χ2n) is 8.00. The zero-order chi connectivity index (χ0) is 21.1. The monoisotopic (exact) mass is 456 g/mol. The lowest BCUT2D eigenvalue weighted by atomic mass is 9.86. The van der Waals surface area contributed by atoms with Gasteiger partial charge < -0.3 is 10.2 Å². The van der Waals surface area contributed by atoms with Crippen LogP contribution in [0.25, 0.3) is 10.9 Å². The molecule has 0 unspecified atom stereocenters. The Balaban J connectivity index is 1.84. The molecule has 0 bridgehead atoms. The van der Waals surface area contributed by atoms with E-state index in [1.54, 1.807) is 30.1 Å². The highest BCUT2D eigenvalue weighted by Gasteiger charge is 2.42. The molecule has 3 aromatic rings. The molecule has 1 atom stereocenters. The number of nitrogens with one attached hydrogen (secondary N) is 1. The molecule has 29 heavy (non-hydrogen) atoms. The molecule has 4 rings (SSSR count). The zero-order valence-electron chi connectivity index (χ0n) is 17.0. The fourth-order valence-electron chi connectivity index (χ4n) is 3.95. The highest BCUT2D eigenvalue weighted by Crippen LogP contribution is 2.43. The molecular formula is C22H22BrFN4O. The maximum atomic E-state index is 14.5. The van der Waals surface area contributed by atoms with Crippen LogP contribution < -0.4 is 10.2 Å². The lowest BCUT2D eigenvalue weighted by molar-refractivity contribution is -0.121. The van der Waals surface area contributed by atoms with E-state index in [1.165, 1.54) is 0 Å². The molecule has 0 spiro atoms. The van der Waals surface area contributed by atoms with Crippen molar-refractivity contribution in [3.05, 3.63) is 57.6 Å². The number of likely N-dealkylation sites (N-methyl/N-ethyl adjacent to an activating group) is 1. The summed E-state index contributed by atoms with van der Waals surface area (Å²) in [5.74, 6) is 0.979. The van der Waals surface area contributed by atoms with E-state index < -0.39 is 5.41 Å². The van der Waals surface area contributed by atoms with Crippen LogP contribution in [0.2, 0.25) is 0 Å². The lowest BCUT2D eigenvalue weighted by Crippen LogP contribution is -2.33. The van der Waals surface area contributed by atoms with E-state index >= 15 is 0 Å². The molecule has 0 aliphatic carbocycles. The van der Waals surface area contributed by atoms with Crippen molar-refractivity contribution in [2.45, 2.75) is 39.2 Å². The number of nitrogens with zero attached hydrogens (tertiary/aromatic N) is 3. The topological polar surface area (TPSA) is 58.1 Å². The molecular weight excluding hydrogens is 435 g/mol. The zero-order valence-corrected chi connectivity index (χ0v) is 18.6. The molecule has 1 N–H and O–H groups in total. The molecule has 5 nitrogen and oxygen atoms in total. The molecule has 1 aliphatic heterocycles. The van der Waals surface area contributed by atoms with E-state index in [4.69, 9.17) is 0 Å². The van der Waals surface area contributed by atoms with E-state index in [0.29, 0.717) is 21.7 Å². The normalized spacial score (nSPS) is 16.2. The Bertz CT molecular complexity index is 1160. The van der Waals surface area contributed by atoms with E-state index in [1.807, 2.05) is 39.8 Å². The third-order valence-electron chi connectivity index (χ3n) is 5.60. The van der Waals surface area contributed by atoms with E-state index in [-0.39, 0.29) is 17.8 Å². The van der Waals surface area contributed by atoms with Crippen LogP contribution in [0.4, 0.5) is 15.9 Å². The summed E-state index contributed by atoms with van der Waals surface area (Å²) in [6.07, 6.45) is 0. The molecule has 0 saturated heterocycles. The number of carbonyl (C=O) groups is 1. The number of anilines is 2. The Morgan fingerprint density at radius 2 is 1.97 bits per heavy atom. The summed E-state index contributed by atoms with van der Waals surface area (Å²) in [7, 11) is 1.78. The predicted molar refractivity (Wildman–Crippen MR) is 117 cm³/mol. The van der Waals surface area contributed by atoms with Gasteiger partial charge in [0.25, 0.3) is 0 Å². The second-order valence-corrected chi connectivity index (χ2v) is 8.86. The Morgan fingerprint density at radius 3 is 2.69 bits per heavy atom. The first-order chi connectivity index (χ1) is 13.6. The number of rotatable bonds is 3. The van der Waals surface area contributed by atoms with Crippen molar-refractivity contribution < 1.29 is 9.18 Å². The van der Waals surface area contributed by atoms with Gasteiger partial charge in [0, 0.05) is 23.7 Å². The van der Waals surface area contributed by atoms with E-state index in [9.17, 15) is 9.18 Å². The van der Waals surface area contributed by atoms with Gasteiger partial charge in [0.05, 0.1) is 21.4 Å². The number of aryl methyl sites for hydroxylation is 1. The first-order valence-corrected chi connectivity index (χ1v) is 10.2. The van der Waals surface area contributed by atoms with Gasteiger partial charge in [-0.15, -0.1) is 0 Å². The minimum atomic E-state index is -0.600. The second kappa shape index (κ2) is 6.76. The Hall–Kier alpha value is -2.54. The average molecular weight is 457 g/mol. The smallest absolute Gasteiger partial charge is 0.236 e. The fourth-order valence-corrected chi connectivity index (χ4v) is 4.33. The van der Waals surface area contributed by atoms with Gasteiger partial charge in [-0.3, -0.25) is 4.79 Å². The van der Waals surface area contributed by atoms with Crippen LogP contribution in [0.1, 0.15) is 43.8 Å². The summed E-state index contributed by atoms with van der Waals surface area (Å²) in [6, 6.07) is 8.84. The molecule has 7 heteroatoms. The lowest BCUT2D eigenvalue weighted by Gasteiger charge is -2.19. The third-order valence-corrected chi connectivity index (χ3v) is 6.21. The first-order valence-electron chi connectivity index (χ1n) is 9.42.